The largest absolute Gasteiger partial charge is 0.462 e. The van der Waals surface area contributed by atoms with Crippen molar-refractivity contribution in [2.45, 2.75) is 26.3 Å². The Morgan fingerprint density at radius 3 is 2.95 bits per heavy atom. The number of rotatable bonds is 4. The maximum absolute atomic E-state index is 11.9. The van der Waals surface area contributed by atoms with Crippen LogP contribution in [0.5, 0.6) is 0 Å². The SMILES string of the molecule is C/C=C(\C)C(=O)OCC1CC(=O)N(C)C1c1cccs1. The third kappa shape index (κ3) is 2.93. The quantitative estimate of drug-likeness (QED) is 0.633. The molecule has 0 bridgehead atoms. The number of likely N-dealkylation sites (tertiary alicyclic amines) is 1. The molecule has 1 amide bonds. The van der Waals surface area contributed by atoms with Crippen molar-refractivity contribution >= 4 is 23.2 Å². The van der Waals surface area contributed by atoms with Gasteiger partial charge in [0.25, 0.3) is 0 Å². The molecule has 20 heavy (non-hydrogen) atoms. The number of carbonyl (C=O) groups is 2. The van der Waals surface area contributed by atoms with Gasteiger partial charge >= 0.3 is 5.97 Å². The van der Waals surface area contributed by atoms with Gasteiger partial charge in [-0.05, 0) is 25.3 Å². The predicted octanol–water partition coefficient (Wildman–Crippen LogP) is 2.78. The van der Waals surface area contributed by atoms with Gasteiger partial charge in [-0.1, -0.05) is 12.1 Å². The van der Waals surface area contributed by atoms with Crippen LogP contribution in [-0.4, -0.2) is 30.4 Å². The lowest BCUT2D eigenvalue weighted by Crippen LogP contribution is -2.25. The standard InChI is InChI=1S/C15H19NO3S/c1-4-10(2)15(18)19-9-11-8-13(17)16(3)14(11)12-6-5-7-20-12/h4-7,11,14H,8-9H2,1-3H3/b10-4+. The van der Waals surface area contributed by atoms with E-state index in [4.69, 9.17) is 4.74 Å². The van der Waals surface area contributed by atoms with Crippen LogP contribution in [0.15, 0.2) is 29.2 Å². The summed E-state index contributed by atoms with van der Waals surface area (Å²) < 4.78 is 5.32. The van der Waals surface area contributed by atoms with Gasteiger partial charge in [0.1, 0.15) is 0 Å². The number of carbonyl (C=O) groups excluding carboxylic acids is 2. The number of hydrogen-bond donors (Lipinski definition) is 0. The zero-order valence-corrected chi connectivity index (χ0v) is 12.8. The van der Waals surface area contributed by atoms with Gasteiger partial charge in [-0.25, -0.2) is 4.79 Å². The fourth-order valence-corrected chi connectivity index (χ4v) is 3.36. The monoisotopic (exact) mass is 293 g/mol. The van der Waals surface area contributed by atoms with E-state index >= 15 is 0 Å². The molecular formula is C15H19NO3S. The fourth-order valence-electron chi connectivity index (χ4n) is 2.40. The van der Waals surface area contributed by atoms with Crippen molar-refractivity contribution in [2.24, 2.45) is 5.92 Å². The lowest BCUT2D eigenvalue weighted by Gasteiger charge is -2.23. The Bertz CT molecular complexity index is 521. The van der Waals surface area contributed by atoms with Crippen LogP contribution in [0.3, 0.4) is 0 Å². The molecule has 0 N–H and O–H groups in total. The number of hydrogen-bond acceptors (Lipinski definition) is 4. The number of ether oxygens (including phenoxy) is 1. The van der Waals surface area contributed by atoms with E-state index in [-0.39, 0.29) is 30.4 Å². The van der Waals surface area contributed by atoms with Crippen LogP contribution in [0.25, 0.3) is 0 Å². The van der Waals surface area contributed by atoms with E-state index < -0.39 is 0 Å². The Kier molecular flexibility index (Phi) is 4.60. The average molecular weight is 293 g/mol. The van der Waals surface area contributed by atoms with Crippen molar-refractivity contribution in [3.05, 3.63) is 34.0 Å². The van der Waals surface area contributed by atoms with Gasteiger partial charge in [-0.2, -0.15) is 0 Å². The summed E-state index contributed by atoms with van der Waals surface area (Å²) in [5, 5.41) is 2.00. The maximum Gasteiger partial charge on any atom is 0.333 e. The van der Waals surface area contributed by atoms with Gasteiger partial charge in [0.05, 0.1) is 12.6 Å². The lowest BCUT2D eigenvalue weighted by atomic mass is 10.00. The Morgan fingerprint density at radius 1 is 1.60 bits per heavy atom. The summed E-state index contributed by atoms with van der Waals surface area (Å²) in [4.78, 5) is 26.5. The molecule has 1 saturated heterocycles. The highest BCUT2D eigenvalue weighted by Gasteiger charge is 2.39. The van der Waals surface area contributed by atoms with Crippen molar-refractivity contribution in [3.63, 3.8) is 0 Å². The molecule has 4 nitrogen and oxygen atoms in total. The molecule has 2 rings (SSSR count). The number of allylic oxidation sites excluding steroid dienone is 1. The fraction of sp³-hybridized carbons (Fsp3) is 0.467. The van der Waals surface area contributed by atoms with Gasteiger partial charge in [0, 0.05) is 29.8 Å². The summed E-state index contributed by atoms with van der Waals surface area (Å²) in [6, 6.07) is 4.02. The molecule has 2 heterocycles. The zero-order valence-electron chi connectivity index (χ0n) is 12.0. The summed E-state index contributed by atoms with van der Waals surface area (Å²) in [6.07, 6.45) is 2.16. The number of nitrogens with zero attached hydrogens (tertiary/aromatic N) is 1. The first-order valence-corrected chi connectivity index (χ1v) is 7.51. The minimum Gasteiger partial charge on any atom is -0.462 e. The smallest absolute Gasteiger partial charge is 0.333 e. The molecule has 1 aromatic heterocycles. The summed E-state index contributed by atoms with van der Waals surface area (Å²) >= 11 is 1.63. The molecule has 1 fully saturated rings. The molecular weight excluding hydrogens is 274 g/mol. The molecule has 108 valence electrons. The normalized spacial score (nSPS) is 23.2. The molecule has 2 unspecified atom stereocenters. The Morgan fingerprint density at radius 2 is 2.35 bits per heavy atom. The van der Waals surface area contributed by atoms with Crippen molar-refractivity contribution in [1.82, 2.24) is 4.90 Å². The second-order valence-corrected chi connectivity index (χ2v) is 5.98. The molecule has 2 atom stereocenters. The highest BCUT2D eigenvalue weighted by Crippen LogP contribution is 2.39. The summed E-state index contributed by atoms with van der Waals surface area (Å²) in [5.74, 6) is -0.175. The molecule has 5 heteroatoms. The van der Waals surface area contributed by atoms with Crippen molar-refractivity contribution in [2.75, 3.05) is 13.7 Å². The maximum atomic E-state index is 11.9. The van der Waals surface area contributed by atoms with E-state index in [1.807, 2.05) is 24.6 Å². The zero-order chi connectivity index (χ0) is 14.7. The summed E-state index contributed by atoms with van der Waals surface area (Å²) in [5.41, 5.74) is 0.593. The van der Waals surface area contributed by atoms with Crippen LogP contribution >= 0.6 is 11.3 Å². The first-order valence-electron chi connectivity index (χ1n) is 6.63. The molecule has 1 aromatic rings. The Balaban J connectivity index is 2.06. The van der Waals surface area contributed by atoms with Gasteiger partial charge in [-0.15, -0.1) is 11.3 Å². The summed E-state index contributed by atoms with van der Waals surface area (Å²) in [7, 11) is 1.81. The van der Waals surface area contributed by atoms with E-state index in [1.54, 1.807) is 36.2 Å². The van der Waals surface area contributed by atoms with Crippen LogP contribution < -0.4 is 0 Å². The van der Waals surface area contributed by atoms with E-state index in [2.05, 4.69) is 0 Å². The van der Waals surface area contributed by atoms with Crippen LogP contribution in [-0.2, 0) is 14.3 Å². The predicted molar refractivity (Wildman–Crippen MR) is 78.3 cm³/mol. The van der Waals surface area contributed by atoms with Crippen molar-refractivity contribution < 1.29 is 14.3 Å². The molecule has 0 radical (unpaired) electrons. The first kappa shape index (κ1) is 14.8. The van der Waals surface area contributed by atoms with Gasteiger partial charge < -0.3 is 9.64 Å². The number of esters is 1. The highest BCUT2D eigenvalue weighted by molar-refractivity contribution is 7.10. The third-order valence-corrected chi connectivity index (χ3v) is 4.66. The van der Waals surface area contributed by atoms with Gasteiger partial charge in [0.15, 0.2) is 0 Å². The third-order valence-electron chi connectivity index (χ3n) is 3.71. The van der Waals surface area contributed by atoms with E-state index in [0.29, 0.717) is 12.0 Å². The second-order valence-electron chi connectivity index (χ2n) is 5.00. The van der Waals surface area contributed by atoms with Gasteiger partial charge in [-0.3, -0.25) is 4.79 Å². The highest BCUT2D eigenvalue weighted by atomic mass is 32.1. The van der Waals surface area contributed by atoms with Crippen LogP contribution in [0.1, 0.15) is 31.2 Å². The molecule has 0 saturated carbocycles. The summed E-state index contributed by atoms with van der Waals surface area (Å²) in [6.45, 7) is 3.81. The molecule has 0 aromatic carbocycles. The molecule has 1 aliphatic heterocycles. The number of thiophene rings is 1. The minimum atomic E-state index is -0.306. The van der Waals surface area contributed by atoms with Gasteiger partial charge in [0.2, 0.25) is 5.91 Å². The topological polar surface area (TPSA) is 46.6 Å². The molecule has 0 aliphatic carbocycles. The van der Waals surface area contributed by atoms with Crippen molar-refractivity contribution in [1.29, 1.82) is 0 Å². The minimum absolute atomic E-state index is 0.0150. The molecule has 0 spiro atoms. The average Bonchev–Trinajstić information content (AvgIpc) is 3.04. The first-order chi connectivity index (χ1) is 9.54. The van der Waals surface area contributed by atoms with E-state index in [0.717, 1.165) is 4.88 Å². The number of amides is 1. The van der Waals surface area contributed by atoms with E-state index in [9.17, 15) is 9.59 Å². The lowest BCUT2D eigenvalue weighted by molar-refractivity contribution is -0.140. The van der Waals surface area contributed by atoms with Crippen molar-refractivity contribution in [3.8, 4) is 0 Å². The Hall–Kier alpha value is -1.62. The van der Waals surface area contributed by atoms with E-state index in [1.165, 1.54) is 0 Å². The molecule has 1 aliphatic rings. The Labute approximate surface area is 123 Å². The van der Waals surface area contributed by atoms with Crippen LogP contribution in [0, 0.1) is 5.92 Å². The second kappa shape index (κ2) is 6.22. The van der Waals surface area contributed by atoms with Crippen LogP contribution in [0.2, 0.25) is 0 Å². The van der Waals surface area contributed by atoms with Crippen LogP contribution in [0.4, 0.5) is 0 Å².